The SMILES string of the molecule is O=C(CCc1ccsc1)Nc1ccccc1-n1cncn1. The highest BCUT2D eigenvalue weighted by molar-refractivity contribution is 7.07. The summed E-state index contributed by atoms with van der Waals surface area (Å²) in [4.78, 5) is 16.0. The van der Waals surface area contributed by atoms with Crippen molar-refractivity contribution in [1.29, 1.82) is 0 Å². The summed E-state index contributed by atoms with van der Waals surface area (Å²) in [5.41, 5.74) is 2.73. The lowest BCUT2D eigenvalue weighted by Gasteiger charge is -2.10. The van der Waals surface area contributed by atoms with E-state index >= 15 is 0 Å². The Kier molecular flexibility index (Phi) is 4.07. The zero-order chi connectivity index (χ0) is 14.5. The molecule has 1 amide bonds. The molecule has 5 nitrogen and oxygen atoms in total. The summed E-state index contributed by atoms with van der Waals surface area (Å²) >= 11 is 1.65. The molecule has 0 saturated carbocycles. The van der Waals surface area contributed by atoms with Gasteiger partial charge in [0.1, 0.15) is 12.7 Å². The molecular formula is C15H14N4OS. The van der Waals surface area contributed by atoms with E-state index in [0.717, 1.165) is 17.8 Å². The van der Waals surface area contributed by atoms with Crippen LogP contribution < -0.4 is 5.32 Å². The highest BCUT2D eigenvalue weighted by atomic mass is 32.1. The van der Waals surface area contributed by atoms with E-state index in [0.29, 0.717) is 6.42 Å². The summed E-state index contributed by atoms with van der Waals surface area (Å²) in [6, 6.07) is 9.58. The number of para-hydroxylation sites is 2. The number of nitrogens with one attached hydrogen (secondary N) is 1. The second-order valence-electron chi connectivity index (χ2n) is 4.54. The van der Waals surface area contributed by atoms with E-state index in [4.69, 9.17) is 0 Å². The van der Waals surface area contributed by atoms with E-state index in [-0.39, 0.29) is 5.91 Å². The summed E-state index contributed by atoms with van der Waals surface area (Å²) in [7, 11) is 0. The van der Waals surface area contributed by atoms with Crippen LogP contribution in [0.25, 0.3) is 5.69 Å². The molecule has 106 valence electrons. The van der Waals surface area contributed by atoms with Gasteiger partial charge in [-0.15, -0.1) is 0 Å². The van der Waals surface area contributed by atoms with Crippen LogP contribution in [0, 0.1) is 0 Å². The van der Waals surface area contributed by atoms with E-state index in [1.807, 2.05) is 35.7 Å². The lowest BCUT2D eigenvalue weighted by atomic mass is 10.2. The number of aryl methyl sites for hydroxylation is 1. The Morgan fingerprint density at radius 3 is 2.95 bits per heavy atom. The molecule has 3 rings (SSSR count). The lowest BCUT2D eigenvalue weighted by Crippen LogP contribution is -2.14. The number of benzene rings is 1. The fourth-order valence-electron chi connectivity index (χ4n) is 2.02. The van der Waals surface area contributed by atoms with Crippen LogP contribution in [0.3, 0.4) is 0 Å². The maximum Gasteiger partial charge on any atom is 0.224 e. The molecule has 21 heavy (non-hydrogen) atoms. The smallest absolute Gasteiger partial charge is 0.224 e. The quantitative estimate of drug-likeness (QED) is 0.788. The molecule has 0 spiro atoms. The molecule has 1 N–H and O–H groups in total. The Morgan fingerprint density at radius 2 is 2.19 bits per heavy atom. The van der Waals surface area contributed by atoms with Crippen molar-refractivity contribution in [3.05, 3.63) is 59.3 Å². The highest BCUT2D eigenvalue weighted by Crippen LogP contribution is 2.19. The molecule has 0 unspecified atom stereocenters. The standard InChI is InChI=1S/C15H14N4OS/c20-15(6-5-12-7-8-21-9-12)18-13-3-1-2-4-14(13)19-11-16-10-17-19/h1-4,7-11H,5-6H2,(H,18,20). The van der Waals surface area contributed by atoms with Gasteiger partial charge in [0.25, 0.3) is 0 Å². The van der Waals surface area contributed by atoms with Crippen molar-refractivity contribution in [2.45, 2.75) is 12.8 Å². The lowest BCUT2D eigenvalue weighted by molar-refractivity contribution is -0.116. The Balaban J connectivity index is 1.69. The second-order valence-corrected chi connectivity index (χ2v) is 5.32. The monoisotopic (exact) mass is 298 g/mol. The van der Waals surface area contributed by atoms with Crippen LogP contribution in [0.5, 0.6) is 0 Å². The molecule has 0 aliphatic rings. The minimum absolute atomic E-state index is 0.00577. The molecule has 0 fully saturated rings. The summed E-state index contributed by atoms with van der Waals surface area (Å²) in [5.74, 6) is -0.00577. The third-order valence-corrected chi connectivity index (χ3v) is 3.80. The number of carbonyl (C=O) groups is 1. The van der Waals surface area contributed by atoms with Crippen LogP contribution in [0.2, 0.25) is 0 Å². The highest BCUT2D eigenvalue weighted by Gasteiger charge is 2.08. The molecular weight excluding hydrogens is 284 g/mol. The van der Waals surface area contributed by atoms with E-state index in [9.17, 15) is 4.79 Å². The van der Waals surface area contributed by atoms with Gasteiger partial charge in [-0.25, -0.2) is 9.67 Å². The van der Waals surface area contributed by atoms with Crippen molar-refractivity contribution in [2.75, 3.05) is 5.32 Å². The number of anilines is 1. The normalized spacial score (nSPS) is 10.5. The van der Waals surface area contributed by atoms with Gasteiger partial charge in [-0.2, -0.15) is 16.4 Å². The second kappa shape index (κ2) is 6.32. The molecule has 6 heteroatoms. The van der Waals surface area contributed by atoms with Gasteiger partial charge in [-0.05, 0) is 40.9 Å². The minimum Gasteiger partial charge on any atom is -0.324 e. The molecule has 0 aliphatic carbocycles. The zero-order valence-corrected chi connectivity index (χ0v) is 12.1. The number of carbonyl (C=O) groups excluding carboxylic acids is 1. The number of rotatable bonds is 5. The third kappa shape index (κ3) is 3.35. The van der Waals surface area contributed by atoms with Crippen LogP contribution in [0.15, 0.2) is 53.7 Å². The van der Waals surface area contributed by atoms with Crippen molar-refractivity contribution < 1.29 is 4.79 Å². The number of aromatic nitrogens is 3. The van der Waals surface area contributed by atoms with Crippen molar-refractivity contribution in [3.8, 4) is 5.69 Å². The van der Waals surface area contributed by atoms with Gasteiger partial charge in [-0.3, -0.25) is 4.79 Å². The van der Waals surface area contributed by atoms with Gasteiger partial charge < -0.3 is 5.32 Å². The molecule has 1 aromatic carbocycles. The molecule has 0 aliphatic heterocycles. The van der Waals surface area contributed by atoms with Crippen LogP contribution in [-0.4, -0.2) is 20.7 Å². The summed E-state index contributed by atoms with van der Waals surface area (Å²) in [6.07, 6.45) is 4.29. The van der Waals surface area contributed by atoms with Crippen LogP contribution in [0.1, 0.15) is 12.0 Å². The number of hydrogen-bond acceptors (Lipinski definition) is 4. The number of nitrogens with zero attached hydrogens (tertiary/aromatic N) is 3. The van der Waals surface area contributed by atoms with Crippen LogP contribution in [-0.2, 0) is 11.2 Å². The summed E-state index contributed by atoms with van der Waals surface area (Å²) in [6.45, 7) is 0. The molecule has 0 saturated heterocycles. The Morgan fingerprint density at radius 1 is 1.29 bits per heavy atom. The first-order valence-corrected chi connectivity index (χ1v) is 7.52. The molecule has 3 aromatic rings. The minimum atomic E-state index is -0.00577. The predicted molar refractivity (Wildman–Crippen MR) is 82.6 cm³/mol. The van der Waals surface area contributed by atoms with Gasteiger partial charge in [0.15, 0.2) is 0 Å². The van der Waals surface area contributed by atoms with E-state index < -0.39 is 0 Å². The number of hydrogen-bond donors (Lipinski definition) is 1. The van der Waals surface area contributed by atoms with E-state index in [1.54, 1.807) is 22.3 Å². The molecule has 2 aromatic heterocycles. The average Bonchev–Trinajstić information content (AvgIpc) is 3.19. The van der Waals surface area contributed by atoms with E-state index in [2.05, 4.69) is 20.8 Å². The van der Waals surface area contributed by atoms with Crippen LogP contribution >= 0.6 is 11.3 Å². The van der Waals surface area contributed by atoms with E-state index in [1.165, 1.54) is 11.9 Å². The first-order valence-electron chi connectivity index (χ1n) is 6.58. The van der Waals surface area contributed by atoms with Gasteiger partial charge in [0.2, 0.25) is 5.91 Å². The average molecular weight is 298 g/mol. The molecule has 0 radical (unpaired) electrons. The van der Waals surface area contributed by atoms with Gasteiger partial charge in [0.05, 0.1) is 11.4 Å². The third-order valence-electron chi connectivity index (χ3n) is 3.06. The molecule has 2 heterocycles. The molecule has 0 atom stereocenters. The van der Waals surface area contributed by atoms with Crippen molar-refractivity contribution in [2.24, 2.45) is 0 Å². The molecule has 0 bridgehead atoms. The van der Waals surface area contributed by atoms with Gasteiger partial charge in [-0.1, -0.05) is 12.1 Å². The summed E-state index contributed by atoms with van der Waals surface area (Å²) < 4.78 is 1.63. The number of amides is 1. The fraction of sp³-hybridized carbons (Fsp3) is 0.133. The van der Waals surface area contributed by atoms with Crippen molar-refractivity contribution in [1.82, 2.24) is 14.8 Å². The number of thiophene rings is 1. The topological polar surface area (TPSA) is 59.8 Å². The maximum atomic E-state index is 12.1. The van der Waals surface area contributed by atoms with Crippen molar-refractivity contribution >= 4 is 22.9 Å². The van der Waals surface area contributed by atoms with Gasteiger partial charge >= 0.3 is 0 Å². The predicted octanol–water partition coefficient (Wildman–Crippen LogP) is 2.90. The summed E-state index contributed by atoms with van der Waals surface area (Å²) in [5, 5.41) is 11.1. The zero-order valence-electron chi connectivity index (χ0n) is 11.3. The van der Waals surface area contributed by atoms with Gasteiger partial charge in [0, 0.05) is 6.42 Å². The fourth-order valence-corrected chi connectivity index (χ4v) is 2.72. The largest absolute Gasteiger partial charge is 0.324 e. The van der Waals surface area contributed by atoms with Crippen LogP contribution in [0.4, 0.5) is 5.69 Å². The first kappa shape index (κ1) is 13.5. The Labute approximate surface area is 126 Å². The van der Waals surface area contributed by atoms with Crippen molar-refractivity contribution in [3.63, 3.8) is 0 Å². The Bertz CT molecular complexity index is 707. The maximum absolute atomic E-state index is 12.1. The first-order chi connectivity index (χ1) is 10.3. The Hall–Kier alpha value is -2.47.